The fourth-order valence-corrected chi connectivity index (χ4v) is 5.72. The number of carboxylic acids is 1. The lowest BCUT2D eigenvalue weighted by Gasteiger charge is -2.60. The Morgan fingerprint density at radius 2 is 1.88 bits per heavy atom. The molecule has 3 heteroatoms. The van der Waals surface area contributed by atoms with Crippen molar-refractivity contribution in [1.29, 1.82) is 0 Å². The maximum absolute atomic E-state index is 10.7. The van der Waals surface area contributed by atoms with E-state index < -0.39 is 5.97 Å². The van der Waals surface area contributed by atoms with Crippen LogP contribution in [0, 0.1) is 17.3 Å². The second kappa shape index (κ2) is 3.38. The Bertz CT molecular complexity index is 312. The summed E-state index contributed by atoms with van der Waals surface area (Å²) < 4.78 is 0. The maximum atomic E-state index is 10.7. The molecule has 4 bridgehead atoms. The van der Waals surface area contributed by atoms with Gasteiger partial charge in [0.2, 0.25) is 0 Å². The van der Waals surface area contributed by atoms with E-state index in [1.807, 2.05) is 0 Å². The fourth-order valence-electron chi connectivity index (χ4n) is 5.00. The quantitative estimate of drug-likeness (QED) is 0.770. The van der Waals surface area contributed by atoms with Crippen LogP contribution in [0.3, 0.4) is 0 Å². The molecule has 0 heterocycles. The van der Waals surface area contributed by atoms with Crippen molar-refractivity contribution in [2.45, 2.75) is 56.2 Å². The van der Waals surface area contributed by atoms with Gasteiger partial charge in [0.05, 0.1) is 0 Å². The molecule has 1 N–H and O–H groups in total. The predicted octanol–water partition coefficient (Wildman–Crippen LogP) is 3.43. The van der Waals surface area contributed by atoms with E-state index in [0.29, 0.717) is 6.42 Å². The molecule has 16 heavy (non-hydrogen) atoms. The molecule has 0 aromatic carbocycles. The highest BCUT2D eigenvalue weighted by Crippen LogP contribution is 2.65. The molecule has 4 fully saturated rings. The number of aliphatic carboxylic acids is 1. The largest absolute Gasteiger partial charge is 0.481 e. The van der Waals surface area contributed by atoms with E-state index in [1.165, 1.54) is 32.1 Å². The molecule has 4 aliphatic carbocycles. The molecule has 0 saturated heterocycles. The van der Waals surface area contributed by atoms with E-state index in [0.717, 1.165) is 24.7 Å². The molecule has 2 unspecified atom stereocenters. The number of carbonyl (C=O) groups is 1. The van der Waals surface area contributed by atoms with Crippen molar-refractivity contribution in [3.8, 4) is 0 Å². The molecule has 0 aromatic rings. The topological polar surface area (TPSA) is 37.3 Å². The van der Waals surface area contributed by atoms with Crippen molar-refractivity contribution in [3.63, 3.8) is 0 Å². The van der Waals surface area contributed by atoms with Crippen LogP contribution >= 0.6 is 11.6 Å². The van der Waals surface area contributed by atoms with Crippen molar-refractivity contribution in [2.75, 3.05) is 0 Å². The Morgan fingerprint density at radius 3 is 2.38 bits per heavy atom. The molecule has 0 spiro atoms. The molecule has 4 saturated carbocycles. The van der Waals surface area contributed by atoms with Gasteiger partial charge in [-0.25, -0.2) is 0 Å². The zero-order chi connectivity index (χ0) is 11.4. The van der Waals surface area contributed by atoms with E-state index in [4.69, 9.17) is 16.7 Å². The molecule has 0 radical (unpaired) electrons. The van der Waals surface area contributed by atoms with Gasteiger partial charge in [0.25, 0.3) is 0 Å². The molecule has 4 rings (SSSR count). The zero-order valence-corrected chi connectivity index (χ0v) is 10.3. The molecule has 2 nitrogen and oxygen atoms in total. The van der Waals surface area contributed by atoms with Gasteiger partial charge in [-0.15, -0.1) is 11.6 Å². The summed E-state index contributed by atoms with van der Waals surface area (Å²) in [6.45, 7) is 0. The average Bonchev–Trinajstić information content (AvgIpc) is 2.10. The predicted molar refractivity (Wildman–Crippen MR) is 62.6 cm³/mol. The van der Waals surface area contributed by atoms with Crippen molar-refractivity contribution < 1.29 is 9.90 Å². The van der Waals surface area contributed by atoms with Crippen LogP contribution in [0.25, 0.3) is 0 Å². The first-order valence-electron chi connectivity index (χ1n) is 6.39. The van der Waals surface area contributed by atoms with Crippen molar-refractivity contribution in [1.82, 2.24) is 0 Å². The van der Waals surface area contributed by atoms with Gasteiger partial charge in [-0.3, -0.25) is 4.79 Å². The first kappa shape index (κ1) is 10.9. The third kappa shape index (κ3) is 1.75. The maximum Gasteiger partial charge on any atom is 0.303 e. The standard InChI is InChI=1S/C13H19ClO2/c14-13-6-9-3-10(7-13)5-12(4-9,8-13)2-1-11(15)16/h9-10H,1-8H2,(H,15,16). The fraction of sp³-hybridized carbons (Fsp3) is 0.923. The second-order valence-corrected chi connectivity index (χ2v) is 7.31. The molecular weight excluding hydrogens is 224 g/mol. The average molecular weight is 243 g/mol. The van der Waals surface area contributed by atoms with E-state index in [1.54, 1.807) is 0 Å². The Kier molecular flexibility index (Phi) is 2.30. The summed E-state index contributed by atoms with van der Waals surface area (Å²) >= 11 is 6.69. The molecule has 90 valence electrons. The number of halogens is 1. The van der Waals surface area contributed by atoms with Crippen LogP contribution in [0.1, 0.15) is 51.4 Å². The number of hydrogen-bond donors (Lipinski definition) is 1. The van der Waals surface area contributed by atoms with Crippen molar-refractivity contribution in [3.05, 3.63) is 0 Å². The number of alkyl halides is 1. The van der Waals surface area contributed by atoms with E-state index in [9.17, 15) is 4.79 Å². The van der Waals surface area contributed by atoms with Crippen LogP contribution in [0.2, 0.25) is 0 Å². The van der Waals surface area contributed by atoms with Gasteiger partial charge >= 0.3 is 5.97 Å². The zero-order valence-electron chi connectivity index (χ0n) is 9.54. The van der Waals surface area contributed by atoms with Gasteiger partial charge in [-0.1, -0.05) is 0 Å². The van der Waals surface area contributed by atoms with Crippen LogP contribution in [0.15, 0.2) is 0 Å². The SMILES string of the molecule is O=C(O)CCC12CC3CC(CC(Cl)(C3)C1)C2. The summed E-state index contributed by atoms with van der Waals surface area (Å²) in [5.41, 5.74) is 0.282. The first-order valence-corrected chi connectivity index (χ1v) is 6.77. The lowest BCUT2D eigenvalue weighted by atomic mass is 9.48. The van der Waals surface area contributed by atoms with Crippen LogP contribution in [0.4, 0.5) is 0 Å². The summed E-state index contributed by atoms with van der Waals surface area (Å²) in [7, 11) is 0. The van der Waals surface area contributed by atoms with Gasteiger partial charge < -0.3 is 5.11 Å². The summed E-state index contributed by atoms with van der Waals surface area (Å²) in [5.74, 6) is 0.916. The third-order valence-corrected chi connectivity index (χ3v) is 5.42. The Balaban J connectivity index is 1.78. The minimum Gasteiger partial charge on any atom is -0.481 e. The smallest absolute Gasteiger partial charge is 0.303 e. The monoisotopic (exact) mass is 242 g/mol. The van der Waals surface area contributed by atoms with Crippen molar-refractivity contribution >= 4 is 17.6 Å². The van der Waals surface area contributed by atoms with Crippen LogP contribution in [-0.4, -0.2) is 16.0 Å². The van der Waals surface area contributed by atoms with E-state index >= 15 is 0 Å². The normalized spacial score (nSPS) is 49.6. The Hall–Kier alpha value is -0.240. The van der Waals surface area contributed by atoms with Crippen LogP contribution < -0.4 is 0 Å². The molecule has 0 aromatic heterocycles. The minimum atomic E-state index is -0.653. The summed E-state index contributed by atoms with van der Waals surface area (Å²) in [4.78, 5) is 10.8. The molecule has 0 aliphatic heterocycles. The summed E-state index contributed by atoms with van der Waals surface area (Å²) in [5, 5.41) is 8.85. The van der Waals surface area contributed by atoms with Gasteiger partial charge in [0.15, 0.2) is 0 Å². The van der Waals surface area contributed by atoms with Gasteiger partial charge in [-0.05, 0) is 62.2 Å². The number of hydrogen-bond acceptors (Lipinski definition) is 1. The van der Waals surface area contributed by atoms with Gasteiger partial charge in [0, 0.05) is 11.3 Å². The highest BCUT2D eigenvalue weighted by Gasteiger charge is 2.56. The van der Waals surface area contributed by atoms with E-state index in [-0.39, 0.29) is 10.3 Å². The first-order chi connectivity index (χ1) is 7.49. The third-order valence-electron chi connectivity index (χ3n) is 4.98. The molecular formula is C13H19ClO2. The van der Waals surface area contributed by atoms with Crippen molar-refractivity contribution in [2.24, 2.45) is 17.3 Å². The van der Waals surface area contributed by atoms with Gasteiger partial charge in [-0.2, -0.15) is 0 Å². The number of carboxylic acid groups (broad SMARTS) is 1. The molecule has 2 atom stereocenters. The molecule has 4 aliphatic rings. The van der Waals surface area contributed by atoms with Gasteiger partial charge in [0.1, 0.15) is 0 Å². The Labute approximate surface area is 101 Å². The van der Waals surface area contributed by atoms with Crippen LogP contribution in [0.5, 0.6) is 0 Å². The molecule has 0 amide bonds. The lowest BCUT2D eigenvalue weighted by Crippen LogP contribution is -2.53. The van der Waals surface area contributed by atoms with Crippen LogP contribution in [-0.2, 0) is 4.79 Å². The lowest BCUT2D eigenvalue weighted by molar-refractivity contribution is -0.139. The number of rotatable bonds is 3. The highest BCUT2D eigenvalue weighted by atomic mass is 35.5. The second-order valence-electron chi connectivity index (χ2n) is 6.51. The summed E-state index contributed by atoms with van der Waals surface area (Å²) in [6, 6.07) is 0. The Morgan fingerprint density at radius 1 is 1.25 bits per heavy atom. The van der Waals surface area contributed by atoms with E-state index in [2.05, 4.69) is 0 Å². The summed E-state index contributed by atoms with van der Waals surface area (Å²) in [6.07, 6.45) is 8.44. The minimum absolute atomic E-state index is 0.0303. The highest BCUT2D eigenvalue weighted by molar-refractivity contribution is 6.24.